The molecule has 1 aromatic carbocycles. The van der Waals surface area contributed by atoms with Crippen LogP contribution >= 0.6 is 0 Å². The van der Waals surface area contributed by atoms with Crippen LogP contribution in [0.4, 0.5) is 4.39 Å². The van der Waals surface area contributed by atoms with E-state index in [0.717, 1.165) is 0 Å². The first-order valence-corrected chi connectivity index (χ1v) is 5.77. The molecule has 0 aliphatic heterocycles. The van der Waals surface area contributed by atoms with Crippen LogP contribution in [0.2, 0.25) is 0 Å². The summed E-state index contributed by atoms with van der Waals surface area (Å²) in [5, 5.41) is 3.76. The molecule has 5 nitrogen and oxygen atoms in total. The van der Waals surface area contributed by atoms with E-state index in [0.29, 0.717) is 11.1 Å². The third-order valence-corrected chi connectivity index (χ3v) is 2.50. The number of pyridine rings is 1. The zero-order chi connectivity index (χ0) is 14.4. The Labute approximate surface area is 115 Å². The van der Waals surface area contributed by atoms with Gasteiger partial charge in [-0.25, -0.2) is 9.82 Å². The van der Waals surface area contributed by atoms with Crippen molar-refractivity contribution >= 4 is 12.1 Å². The summed E-state index contributed by atoms with van der Waals surface area (Å²) >= 11 is 0. The molecule has 0 fully saturated rings. The van der Waals surface area contributed by atoms with Crippen LogP contribution in [-0.2, 0) is 0 Å². The number of hydrogen-bond donors (Lipinski definition) is 1. The molecule has 0 aliphatic carbocycles. The number of aromatic nitrogens is 1. The average Bonchev–Trinajstić information content (AvgIpc) is 2.48. The summed E-state index contributed by atoms with van der Waals surface area (Å²) < 4.78 is 18.2. The minimum absolute atomic E-state index is 0.156. The van der Waals surface area contributed by atoms with E-state index in [9.17, 15) is 9.18 Å². The van der Waals surface area contributed by atoms with Crippen molar-refractivity contribution in [3.63, 3.8) is 0 Å². The lowest BCUT2D eigenvalue weighted by Crippen LogP contribution is -2.17. The number of hydrogen-bond acceptors (Lipinski definition) is 4. The predicted molar refractivity (Wildman–Crippen MR) is 72.2 cm³/mol. The second-order valence-corrected chi connectivity index (χ2v) is 3.83. The smallest absolute Gasteiger partial charge is 0.271 e. The van der Waals surface area contributed by atoms with Gasteiger partial charge in [-0.1, -0.05) is 0 Å². The van der Waals surface area contributed by atoms with Crippen LogP contribution in [0.25, 0.3) is 0 Å². The lowest BCUT2D eigenvalue weighted by atomic mass is 10.2. The van der Waals surface area contributed by atoms with Gasteiger partial charge in [0.05, 0.1) is 13.3 Å². The molecule has 0 saturated heterocycles. The molecule has 1 heterocycles. The highest BCUT2D eigenvalue weighted by atomic mass is 19.1. The first-order chi connectivity index (χ1) is 9.70. The zero-order valence-electron chi connectivity index (χ0n) is 10.7. The number of amides is 1. The van der Waals surface area contributed by atoms with E-state index in [1.54, 1.807) is 18.2 Å². The number of nitrogens with zero attached hydrogens (tertiary/aromatic N) is 2. The van der Waals surface area contributed by atoms with Crippen molar-refractivity contribution in [2.24, 2.45) is 5.10 Å². The van der Waals surface area contributed by atoms with E-state index in [2.05, 4.69) is 15.5 Å². The maximum atomic E-state index is 13.4. The Hall–Kier alpha value is -2.76. The number of nitrogens with one attached hydrogen (secondary N) is 1. The molecule has 2 aromatic rings. The number of ether oxygens (including phenoxy) is 1. The van der Waals surface area contributed by atoms with Crippen molar-refractivity contribution in [3.8, 4) is 5.75 Å². The molecule has 1 N–H and O–H groups in total. The van der Waals surface area contributed by atoms with Crippen molar-refractivity contribution < 1.29 is 13.9 Å². The summed E-state index contributed by atoms with van der Waals surface area (Å²) in [7, 11) is 1.39. The number of hydrazone groups is 1. The monoisotopic (exact) mass is 273 g/mol. The van der Waals surface area contributed by atoms with Crippen molar-refractivity contribution in [1.29, 1.82) is 0 Å². The summed E-state index contributed by atoms with van der Waals surface area (Å²) in [4.78, 5) is 15.5. The number of methoxy groups -OCH3 is 1. The highest BCUT2D eigenvalue weighted by Gasteiger charge is 2.03. The van der Waals surface area contributed by atoms with Gasteiger partial charge in [-0.05, 0) is 35.9 Å². The van der Waals surface area contributed by atoms with Crippen molar-refractivity contribution in [1.82, 2.24) is 10.4 Å². The summed E-state index contributed by atoms with van der Waals surface area (Å²) in [5.41, 5.74) is 3.30. The first kappa shape index (κ1) is 13.7. The number of carbonyl (C=O) groups is 1. The average molecular weight is 273 g/mol. The molecule has 0 atom stereocenters. The maximum absolute atomic E-state index is 13.4. The van der Waals surface area contributed by atoms with E-state index in [1.807, 2.05) is 0 Å². The molecule has 2 rings (SSSR count). The van der Waals surface area contributed by atoms with E-state index < -0.39 is 5.82 Å². The Kier molecular flexibility index (Phi) is 4.39. The van der Waals surface area contributed by atoms with Crippen molar-refractivity contribution in [2.75, 3.05) is 7.11 Å². The van der Waals surface area contributed by atoms with Gasteiger partial charge in [-0.2, -0.15) is 5.10 Å². The Balaban J connectivity index is 2.00. The van der Waals surface area contributed by atoms with Gasteiger partial charge < -0.3 is 4.74 Å². The minimum atomic E-state index is -0.489. The fourth-order valence-corrected chi connectivity index (χ4v) is 1.50. The molecule has 0 aliphatic rings. The minimum Gasteiger partial charge on any atom is -0.494 e. The van der Waals surface area contributed by atoms with Gasteiger partial charge in [0.2, 0.25) is 0 Å². The molecule has 6 heteroatoms. The topological polar surface area (TPSA) is 63.6 Å². The quantitative estimate of drug-likeness (QED) is 0.684. The van der Waals surface area contributed by atoms with Crippen LogP contribution in [0.15, 0.2) is 47.8 Å². The van der Waals surface area contributed by atoms with E-state index in [1.165, 1.54) is 37.9 Å². The third-order valence-electron chi connectivity index (χ3n) is 2.50. The summed E-state index contributed by atoms with van der Waals surface area (Å²) in [6.45, 7) is 0. The van der Waals surface area contributed by atoms with Gasteiger partial charge in [-0.3, -0.25) is 9.78 Å². The lowest BCUT2D eigenvalue weighted by Gasteiger charge is -2.02. The maximum Gasteiger partial charge on any atom is 0.271 e. The largest absolute Gasteiger partial charge is 0.494 e. The van der Waals surface area contributed by atoms with Crippen molar-refractivity contribution in [2.45, 2.75) is 0 Å². The summed E-state index contributed by atoms with van der Waals surface area (Å²) in [6.07, 6.45) is 4.37. The second kappa shape index (κ2) is 6.42. The van der Waals surface area contributed by atoms with Crippen LogP contribution in [-0.4, -0.2) is 24.2 Å². The fraction of sp³-hybridized carbons (Fsp3) is 0.0714. The molecule has 1 aromatic heterocycles. The highest BCUT2D eigenvalue weighted by molar-refractivity contribution is 5.94. The molecule has 1 amide bonds. The Morgan fingerprint density at radius 3 is 2.75 bits per heavy atom. The standard InChI is InChI=1S/C14H12FN3O2/c1-20-13-3-2-10(8-12(13)15)9-17-18-14(19)11-4-6-16-7-5-11/h2-9H,1H3,(H,18,19). The predicted octanol–water partition coefficient (Wildman–Crippen LogP) is 1.99. The van der Waals surface area contributed by atoms with Crippen LogP contribution < -0.4 is 10.2 Å². The molecule has 20 heavy (non-hydrogen) atoms. The second-order valence-electron chi connectivity index (χ2n) is 3.83. The van der Waals surface area contributed by atoms with Crippen molar-refractivity contribution in [3.05, 3.63) is 59.7 Å². The highest BCUT2D eigenvalue weighted by Crippen LogP contribution is 2.16. The molecule has 0 unspecified atom stereocenters. The molecule has 0 saturated carbocycles. The zero-order valence-corrected chi connectivity index (χ0v) is 10.7. The Morgan fingerprint density at radius 2 is 2.10 bits per heavy atom. The normalized spacial score (nSPS) is 10.5. The Morgan fingerprint density at radius 1 is 1.35 bits per heavy atom. The molecule has 0 spiro atoms. The molecular formula is C14H12FN3O2. The molecular weight excluding hydrogens is 261 g/mol. The SMILES string of the molecule is COc1ccc(C=NNC(=O)c2ccncc2)cc1F. The van der Waals surface area contributed by atoms with Crippen LogP contribution in [0.5, 0.6) is 5.75 Å². The number of halogens is 1. The van der Waals surface area contributed by atoms with Gasteiger partial charge in [0.25, 0.3) is 5.91 Å². The third kappa shape index (κ3) is 3.38. The number of benzene rings is 1. The van der Waals surface area contributed by atoms with Crippen LogP contribution in [0.3, 0.4) is 0 Å². The van der Waals surface area contributed by atoms with Gasteiger partial charge in [0.1, 0.15) is 0 Å². The summed E-state index contributed by atoms with van der Waals surface area (Å²) in [5.74, 6) is -0.697. The van der Waals surface area contributed by atoms with Gasteiger partial charge in [-0.15, -0.1) is 0 Å². The van der Waals surface area contributed by atoms with E-state index >= 15 is 0 Å². The van der Waals surface area contributed by atoms with E-state index in [-0.39, 0.29) is 11.7 Å². The Bertz CT molecular complexity index is 630. The fourth-order valence-electron chi connectivity index (χ4n) is 1.50. The first-order valence-electron chi connectivity index (χ1n) is 5.77. The van der Waals surface area contributed by atoms with Gasteiger partial charge in [0, 0.05) is 18.0 Å². The van der Waals surface area contributed by atoms with E-state index in [4.69, 9.17) is 4.74 Å². The molecule has 102 valence electrons. The molecule has 0 radical (unpaired) electrons. The van der Waals surface area contributed by atoms with Crippen LogP contribution in [0.1, 0.15) is 15.9 Å². The number of carbonyl (C=O) groups excluding carboxylic acids is 1. The van der Waals surface area contributed by atoms with Gasteiger partial charge in [0.15, 0.2) is 11.6 Å². The number of rotatable bonds is 4. The molecule has 0 bridgehead atoms. The lowest BCUT2D eigenvalue weighted by molar-refractivity contribution is 0.0955. The van der Waals surface area contributed by atoms with Gasteiger partial charge >= 0.3 is 0 Å². The van der Waals surface area contributed by atoms with Crippen LogP contribution in [0, 0.1) is 5.82 Å². The summed E-state index contributed by atoms with van der Waals surface area (Å²) in [6, 6.07) is 7.52.